The maximum atomic E-state index is 12.6. The molecule has 32 heavy (non-hydrogen) atoms. The van der Waals surface area contributed by atoms with Crippen LogP contribution in [0, 0.1) is 0 Å². The van der Waals surface area contributed by atoms with Gasteiger partial charge >= 0.3 is 0 Å². The van der Waals surface area contributed by atoms with Crippen LogP contribution in [0.25, 0.3) is 0 Å². The molecule has 0 unspecified atom stereocenters. The minimum absolute atomic E-state index is 0.0404. The number of hydrogen-bond acceptors (Lipinski definition) is 8. The smallest absolute Gasteiger partial charge is 0.234 e. The van der Waals surface area contributed by atoms with Crippen molar-refractivity contribution in [1.29, 1.82) is 0 Å². The first-order valence-corrected chi connectivity index (χ1v) is 11.8. The Morgan fingerprint density at radius 1 is 1.03 bits per heavy atom. The molecular formula is C21H28N4O5S2. The Kier molecular flexibility index (Phi) is 11.2. The summed E-state index contributed by atoms with van der Waals surface area (Å²) in [6, 6.07) is 6.88. The van der Waals surface area contributed by atoms with Crippen LogP contribution < -0.4 is 10.6 Å². The van der Waals surface area contributed by atoms with Gasteiger partial charge in [0, 0.05) is 51.0 Å². The van der Waals surface area contributed by atoms with Gasteiger partial charge in [0.05, 0.1) is 31.1 Å². The van der Waals surface area contributed by atoms with E-state index in [1.807, 2.05) is 5.38 Å². The van der Waals surface area contributed by atoms with Gasteiger partial charge in [-0.2, -0.15) is 0 Å². The number of nitrogens with one attached hydrogen (secondary N) is 2. The molecule has 3 amide bonds. The first kappa shape index (κ1) is 25.8. The molecule has 1 heterocycles. The van der Waals surface area contributed by atoms with Gasteiger partial charge in [0.15, 0.2) is 4.34 Å². The number of carbonyl (C=O) groups excluding carboxylic acids is 3. The number of anilines is 2. The molecule has 1 aromatic heterocycles. The van der Waals surface area contributed by atoms with Crippen LogP contribution in [0.1, 0.15) is 12.6 Å². The van der Waals surface area contributed by atoms with E-state index in [1.54, 1.807) is 43.4 Å². The molecule has 0 saturated carbocycles. The molecule has 2 rings (SSSR count). The average molecular weight is 481 g/mol. The van der Waals surface area contributed by atoms with E-state index in [-0.39, 0.29) is 29.9 Å². The summed E-state index contributed by atoms with van der Waals surface area (Å²) in [6.45, 7) is 3.34. The molecule has 0 bridgehead atoms. The molecule has 0 radical (unpaired) electrons. The molecular weight excluding hydrogens is 452 g/mol. The molecule has 174 valence electrons. The topological polar surface area (TPSA) is 110 Å². The molecule has 11 heteroatoms. The summed E-state index contributed by atoms with van der Waals surface area (Å²) in [5.41, 5.74) is 1.98. The minimum atomic E-state index is -0.166. The Morgan fingerprint density at radius 3 is 2.19 bits per heavy atom. The van der Waals surface area contributed by atoms with E-state index in [4.69, 9.17) is 9.47 Å². The summed E-state index contributed by atoms with van der Waals surface area (Å²) in [5.74, 6) is -0.163. The molecule has 0 aliphatic heterocycles. The summed E-state index contributed by atoms with van der Waals surface area (Å²) in [7, 11) is 3.19. The van der Waals surface area contributed by atoms with Crippen LogP contribution in [0.3, 0.4) is 0 Å². The Labute approximate surface area is 195 Å². The van der Waals surface area contributed by atoms with Crippen molar-refractivity contribution in [2.45, 2.75) is 17.7 Å². The number of aromatic nitrogens is 1. The molecule has 0 fully saturated rings. The monoisotopic (exact) mass is 480 g/mol. The van der Waals surface area contributed by atoms with Gasteiger partial charge in [0.25, 0.3) is 0 Å². The Morgan fingerprint density at radius 2 is 1.62 bits per heavy atom. The third kappa shape index (κ3) is 9.35. The number of hydrogen-bond donors (Lipinski definition) is 2. The number of rotatable bonds is 13. The third-order valence-corrected chi connectivity index (χ3v) is 6.23. The largest absolute Gasteiger partial charge is 0.383 e. The number of carbonyl (C=O) groups is 3. The highest BCUT2D eigenvalue weighted by atomic mass is 32.2. The molecule has 2 N–H and O–H groups in total. The molecule has 0 spiro atoms. The lowest BCUT2D eigenvalue weighted by molar-refractivity contribution is -0.131. The van der Waals surface area contributed by atoms with E-state index in [0.717, 1.165) is 4.34 Å². The average Bonchev–Trinajstić information content (AvgIpc) is 3.20. The fraction of sp³-hybridized carbons (Fsp3) is 0.429. The second kappa shape index (κ2) is 13.8. The lowest BCUT2D eigenvalue weighted by Crippen LogP contribution is -2.37. The maximum Gasteiger partial charge on any atom is 0.234 e. The summed E-state index contributed by atoms with van der Waals surface area (Å²) in [5, 5.41) is 7.32. The summed E-state index contributed by atoms with van der Waals surface area (Å²) in [6.07, 6.45) is 0.192. The van der Waals surface area contributed by atoms with Crippen LogP contribution >= 0.6 is 23.1 Å². The van der Waals surface area contributed by atoms with Crippen molar-refractivity contribution in [1.82, 2.24) is 9.88 Å². The summed E-state index contributed by atoms with van der Waals surface area (Å²) < 4.78 is 10.9. The fourth-order valence-corrected chi connectivity index (χ4v) is 4.28. The number of thiazole rings is 1. The van der Waals surface area contributed by atoms with Crippen LogP contribution in [0.15, 0.2) is 34.0 Å². The van der Waals surface area contributed by atoms with Crippen molar-refractivity contribution < 1.29 is 23.9 Å². The standard InChI is InChI=1S/C21H28N4O5S2/c1-15(26)22-16-4-6-17(7-5-16)23-19(27)14-32-21-24-18(13-31-21)12-20(28)25(8-10-29-2)9-11-30-3/h4-7,13H,8-12,14H2,1-3H3,(H,22,26)(H,23,27). The van der Waals surface area contributed by atoms with Gasteiger partial charge in [0.2, 0.25) is 17.7 Å². The highest BCUT2D eigenvalue weighted by Gasteiger charge is 2.16. The Hall–Kier alpha value is -2.47. The van der Waals surface area contributed by atoms with Crippen LogP contribution in [0.4, 0.5) is 11.4 Å². The quantitative estimate of drug-likeness (QED) is 0.424. The number of methoxy groups -OCH3 is 2. The van der Waals surface area contributed by atoms with Crippen molar-refractivity contribution >= 4 is 52.2 Å². The lowest BCUT2D eigenvalue weighted by Gasteiger charge is -2.21. The summed E-state index contributed by atoms with van der Waals surface area (Å²) in [4.78, 5) is 42.0. The van der Waals surface area contributed by atoms with E-state index in [9.17, 15) is 14.4 Å². The SMILES string of the molecule is COCCN(CCOC)C(=O)Cc1csc(SCC(=O)Nc2ccc(NC(C)=O)cc2)n1. The highest BCUT2D eigenvalue weighted by Crippen LogP contribution is 2.23. The first-order valence-electron chi connectivity index (χ1n) is 9.91. The van der Waals surface area contributed by atoms with E-state index < -0.39 is 0 Å². The normalized spacial score (nSPS) is 10.6. The van der Waals surface area contributed by atoms with Crippen molar-refractivity contribution in [2.75, 3.05) is 56.9 Å². The van der Waals surface area contributed by atoms with Crippen molar-refractivity contribution in [3.05, 3.63) is 35.3 Å². The number of thioether (sulfide) groups is 1. The van der Waals surface area contributed by atoms with E-state index in [1.165, 1.54) is 30.0 Å². The lowest BCUT2D eigenvalue weighted by atomic mass is 10.3. The van der Waals surface area contributed by atoms with E-state index in [2.05, 4.69) is 15.6 Å². The molecule has 9 nitrogen and oxygen atoms in total. The van der Waals surface area contributed by atoms with Gasteiger partial charge in [-0.3, -0.25) is 14.4 Å². The molecule has 2 aromatic rings. The first-order chi connectivity index (χ1) is 15.4. The van der Waals surface area contributed by atoms with Gasteiger partial charge in [0.1, 0.15) is 0 Å². The Bertz CT molecular complexity index is 881. The maximum absolute atomic E-state index is 12.6. The Balaban J connectivity index is 1.81. The minimum Gasteiger partial charge on any atom is -0.383 e. The molecule has 0 atom stereocenters. The van der Waals surface area contributed by atoms with Gasteiger partial charge in [-0.25, -0.2) is 4.98 Å². The molecule has 0 aliphatic carbocycles. The molecule has 1 aromatic carbocycles. The van der Waals surface area contributed by atoms with Crippen LogP contribution in [-0.2, 0) is 30.3 Å². The number of nitrogens with zero attached hydrogens (tertiary/aromatic N) is 2. The van der Waals surface area contributed by atoms with Crippen molar-refractivity contribution in [3.8, 4) is 0 Å². The van der Waals surface area contributed by atoms with E-state index in [0.29, 0.717) is 43.4 Å². The number of benzene rings is 1. The highest BCUT2D eigenvalue weighted by molar-refractivity contribution is 8.01. The van der Waals surface area contributed by atoms with Gasteiger partial charge < -0.3 is 25.0 Å². The number of ether oxygens (including phenoxy) is 2. The van der Waals surface area contributed by atoms with E-state index >= 15 is 0 Å². The van der Waals surface area contributed by atoms with Crippen LogP contribution in [0.2, 0.25) is 0 Å². The number of amides is 3. The van der Waals surface area contributed by atoms with Crippen LogP contribution in [-0.4, -0.2) is 73.9 Å². The second-order valence-electron chi connectivity index (χ2n) is 6.74. The fourth-order valence-electron chi connectivity index (χ4n) is 2.63. The molecule has 0 aliphatic rings. The zero-order valence-corrected chi connectivity index (χ0v) is 20.0. The van der Waals surface area contributed by atoms with Gasteiger partial charge in [-0.15, -0.1) is 11.3 Å². The second-order valence-corrected chi connectivity index (χ2v) is 8.82. The van der Waals surface area contributed by atoms with Crippen LogP contribution in [0.5, 0.6) is 0 Å². The third-order valence-electron chi connectivity index (χ3n) is 4.16. The van der Waals surface area contributed by atoms with Crippen molar-refractivity contribution in [3.63, 3.8) is 0 Å². The van der Waals surface area contributed by atoms with Crippen molar-refractivity contribution in [2.24, 2.45) is 0 Å². The van der Waals surface area contributed by atoms with Gasteiger partial charge in [-0.05, 0) is 24.3 Å². The zero-order chi connectivity index (χ0) is 23.3. The predicted molar refractivity (Wildman–Crippen MR) is 126 cm³/mol. The predicted octanol–water partition coefficient (Wildman–Crippen LogP) is 2.50. The van der Waals surface area contributed by atoms with Gasteiger partial charge in [-0.1, -0.05) is 11.8 Å². The summed E-state index contributed by atoms with van der Waals surface area (Å²) >= 11 is 2.72. The zero-order valence-electron chi connectivity index (χ0n) is 18.4. The molecule has 0 saturated heterocycles.